The van der Waals surface area contributed by atoms with Gasteiger partial charge in [0, 0.05) is 12.2 Å². The van der Waals surface area contributed by atoms with Crippen LogP contribution in [0.25, 0.3) is 0 Å². The van der Waals surface area contributed by atoms with Gasteiger partial charge in [0.25, 0.3) is 0 Å². The van der Waals surface area contributed by atoms with E-state index in [9.17, 15) is 18.0 Å². The first kappa shape index (κ1) is 23.3. The van der Waals surface area contributed by atoms with E-state index in [-0.39, 0.29) is 18.2 Å². The number of nitrogens with one attached hydrogen (secondary N) is 2. The third kappa shape index (κ3) is 6.30. The predicted molar refractivity (Wildman–Crippen MR) is 115 cm³/mol. The van der Waals surface area contributed by atoms with Crippen LogP contribution >= 0.6 is 11.8 Å². The molecule has 0 aliphatic rings. The molecule has 3 aromatic rings. The number of thioether (sulfide) groups is 1. The van der Waals surface area contributed by atoms with Gasteiger partial charge in [0.05, 0.1) is 25.0 Å². The maximum absolute atomic E-state index is 12.6. The first-order valence-corrected chi connectivity index (χ1v) is 10.4. The molecule has 0 bridgehead atoms. The van der Waals surface area contributed by atoms with Crippen molar-refractivity contribution in [1.29, 1.82) is 0 Å². The summed E-state index contributed by atoms with van der Waals surface area (Å²) in [4.78, 5) is 12.1. The minimum Gasteiger partial charge on any atom is -0.497 e. The lowest BCUT2D eigenvalue weighted by Gasteiger charge is -2.09. The maximum atomic E-state index is 12.6. The molecule has 0 radical (unpaired) electrons. The van der Waals surface area contributed by atoms with Crippen molar-refractivity contribution < 1.29 is 22.7 Å². The third-order valence-corrected chi connectivity index (χ3v) is 5.32. The van der Waals surface area contributed by atoms with Crippen molar-refractivity contribution in [2.45, 2.75) is 24.4 Å². The Morgan fingerprint density at radius 1 is 1.09 bits per heavy atom. The van der Waals surface area contributed by atoms with E-state index < -0.39 is 11.7 Å². The Morgan fingerprint density at radius 2 is 1.78 bits per heavy atom. The van der Waals surface area contributed by atoms with Gasteiger partial charge in [-0.3, -0.25) is 4.79 Å². The summed E-state index contributed by atoms with van der Waals surface area (Å²) in [5.41, 5.74) is 0.679. The summed E-state index contributed by atoms with van der Waals surface area (Å²) in [5, 5.41) is 14.2. The molecule has 0 saturated carbocycles. The van der Waals surface area contributed by atoms with Crippen LogP contribution in [0.1, 0.15) is 17.0 Å². The van der Waals surface area contributed by atoms with Crippen molar-refractivity contribution in [2.75, 3.05) is 24.0 Å². The fraction of sp³-hybridized carbons (Fsp3) is 0.250. The predicted octanol–water partition coefficient (Wildman–Crippen LogP) is 3.04. The smallest absolute Gasteiger partial charge is 0.416 e. The Hall–Kier alpha value is -3.41. The molecule has 3 rings (SSSR count). The number of amides is 1. The number of carbonyl (C=O) groups excluding carboxylic acids is 1. The standard InChI is InChI=1S/C20H21F3N6O2S/c1-31-16-8-6-15(7-9-16)25-11-17-27-28-19(29(17)24)32-12-18(30)26-10-13-2-4-14(5-3-13)20(21,22)23/h2-9,25H,10-12,24H2,1H3,(H,26,30). The number of rotatable bonds is 9. The van der Waals surface area contributed by atoms with E-state index in [2.05, 4.69) is 20.8 Å². The zero-order valence-electron chi connectivity index (χ0n) is 17.0. The van der Waals surface area contributed by atoms with Crippen molar-refractivity contribution >= 4 is 23.4 Å². The second kappa shape index (κ2) is 10.3. The van der Waals surface area contributed by atoms with Gasteiger partial charge in [-0.25, -0.2) is 4.68 Å². The summed E-state index contributed by atoms with van der Waals surface area (Å²) in [6, 6.07) is 12.0. The number of hydrogen-bond acceptors (Lipinski definition) is 7. The lowest BCUT2D eigenvalue weighted by atomic mass is 10.1. The zero-order chi connectivity index (χ0) is 23.1. The monoisotopic (exact) mass is 466 g/mol. The van der Waals surface area contributed by atoms with Crippen molar-refractivity contribution in [2.24, 2.45) is 0 Å². The van der Waals surface area contributed by atoms with Crippen LogP contribution in [0.5, 0.6) is 5.75 Å². The largest absolute Gasteiger partial charge is 0.497 e. The van der Waals surface area contributed by atoms with Gasteiger partial charge in [0.15, 0.2) is 5.82 Å². The average molecular weight is 466 g/mol. The van der Waals surface area contributed by atoms with Crippen molar-refractivity contribution in [3.63, 3.8) is 0 Å². The number of alkyl halides is 3. The molecule has 0 aliphatic carbocycles. The molecule has 12 heteroatoms. The molecular weight excluding hydrogens is 445 g/mol. The fourth-order valence-corrected chi connectivity index (χ4v) is 3.31. The summed E-state index contributed by atoms with van der Waals surface area (Å²) in [7, 11) is 1.59. The molecular formula is C20H21F3N6O2S. The second-order valence-corrected chi connectivity index (χ2v) is 7.55. The normalized spacial score (nSPS) is 11.2. The number of carbonyl (C=O) groups is 1. The van der Waals surface area contributed by atoms with Crippen LogP contribution in [-0.4, -0.2) is 33.6 Å². The summed E-state index contributed by atoms with van der Waals surface area (Å²) < 4.78 is 44.2. The number of hydrogen-bond donors (Lipinski definition) is 3. The van der Waals surface area contributed by atoms with Crippen LogP contribution in [0.15, 0.2) is 53.7 Å². The highest BCUT2D eigenvalue weighted by Crippen LogP contribution is 2.29. The molecule has 1 amide bonds. The minimum atomic E-state index is -4.39. The Morgan fingerprint density at radius 3 is 2.41 bits per heavy atom. The highest BCUT2D eigenvalue weighted by atomic mass is 32.2. The fourth-order valence-electron chi connectivity index (χ4n) is 2.61. The molecule has 4 N–H and O–H groups in total. The lowest BCUT2D eigenvalue weighted by Crippen LogP contribution is -2.25. The molecule has 0 saturated heterocycles. The number of methoxy groups -OCH3 is 1. The lowest BCUT2D eigenvalue weighted by molar-refractivity contribution is -0.137. The molecule has 0 fully saturated rings. The summed E-state index contributed by atoms with van der Waals surface area (Å²) in [6.45, 7) is 0.445. The number of nitrogen functional groups attached to an aromatic ring is 1. The van der Waals surface area contributed by atoms with Gasteiger partial charge < -0.3 is 21.2 Å². The number of halogens is 3. The Kier molecular flexibility index (Phi) is 7.46. The number of nitrogens with two attached hydrogens (primary N) is 1. The molecule has 2 aromatic carbocycles. The topological polar surface area (TPSA) is 107 Å². The molecule has 8 nitrogen and oxygen atoms in total. The minimum absolute atomic E-state index is 0.0296. The van der Waals surface area contributed by atoms with Gasteiger partial charge in [-0.2, -0.15) is 13.2 Å². The molecule has 170 valence electrons. The number of aromatic nitrogens is 3. The molecule has 0 spiro atoms. The van der Waals surface area contributed by atoms with E-state index in [1.807, 2.05) is 24.3 Å². The Labute approximate surface area is 186 Å². The third-order valence-electron chi connectivity index (χ3n) is 4.38. The second-order valence-electron chi connectivity index (χ2n) is 6.61. The maximum Gasteiger partial charge on any atom is 0.416 e. The van der Waals surface area contributed by atoms with Crippen molar-refractivity contribution in [3.8, 4) is 5.75 Å². The number of benzene rings is 2. The van der Waals surface area contributed by atoms with Crippen LogP contribution in [0.4, 0.5) is 18.9 Å². The van der Waals surface area contributed by atoms with Crippen LogP contribution < -0.4 is 21.2 Å². The highest BCUT2D eigenvalue weighted by molar-refractivity contribution is 7.99. The van der Waals surface area contributed by atoms with Gasteiger partial charge in [-0.15, -0.1) is 10.2 Å². The first-order valence-electron chi connectivity index (χ1n) is 9.39. The first-order chi connectivity index (χ1) is 15.3. The van der Waals surface area contributed by atoms with E-state index in [1.54, 1.807) is 7.11 Å². The Bertz CT molecular complexity index is 1040. The molecule has 0 aliphatic heterocycles. The summed E-state index contributed by atoms with van der Waals surface area (Å²) in [6.07, 6.45) is -4.39. The van der Waals surface area contributed by atoms with Crippen molar-refractivity contribution in [1.82, 2.24) is 20.2 Å². The van der Waals surface area contributed by atoms with E-state index in [1.165, 1.54) is 16.8 Å². The number of ether oxygens (including phenoxy) is 1. The molecule has 1 heterocycles. The van der Waals surface area contributed by atoms with Crippen LogP contribution in [-0.2, 0) is 24.1 Å². The van der Waals surface area contributed by atoms with E-state index in [4.69, 9.17) is 10.6 Å². The summed E-state index contributed by atoms with van der Waals surface area (Å²) in [5.74, 6) is 6.94. The molecule has 1 aromatic heterocycles. The van der Waals surface area contributed by atoms with E-state index in [0.717, 1.165) is 35.3 Å². The Balaban J connectivity index is 1.45. The van der Waals surface area contributed by atoms with Gasteiger partial charge >= 0.3 is 6.18 Å². The molecule has 0 atom stereocenters. The summed E-state index contributed by atoms with van der Waals surface area (Å²) >= 11 is 1.10. The van der Waals surface area contributed by atoms with Crippen LogP contribution in [0, 0.1) is 0 Å². The average Bonchev–Trinajstić information content (AvgIpc) is 3.14. The van der Waals surface area contributed by atoms with E-state index in [0.29, 0.717) is 23.1 Å². The van der Waals surface area contributed by atoms with Gasteiger partial charge in [0.2, 0.25) is 11.1 Å². The van der Waals surface area contributed by atoms with E-state index >= 15 is 0 Å². The molecule has 0 unspecified atom stereocenters. The van der Waals surface area contributed by atoms with Gasteiger partial charge in [-0.1, -0.05) is 23.9 Å². The van der Waals surface area contributed by atoms with Crippen molar-refractivity contribution in [3.05, 3.63) is 65.5 Å². The quantitative estimate of drug-likeness (QED) is 0.329. The number of nitrogens with zero attached hydrogens (tertiary/aromatic N) is 3. The van der Waals surface area contributed by atoms with Gasteiger partial charge in [-0.05, 0) is 42.0 Å². The molecule has 32 heavy (non-hydrogen) atoms. The van der Waals surface area contributed by atoms with Crippen LogP contribution in [0.3, 0.4) is 0 Å². The highest BCUT2D eigenvalue weighted by Gasteiger charge is 2.29. The van der Waals surface area contributed by atoms with Gasteiger partial charge in [0.1, 0.15) is 5.75 Å². The van der Waals surface area contributed by atoms with Crippen LogP contribution in [0.2, 0.25) is 0 Å². The SMILES string of the molecule is COc1ccc(NCc2nnc(SCC(=O)NCc3ccc(C(F)(F)F)cc3)n2N)cc1. The zero-order valence-corrected chi connectivity index (χ0v) is 17.8. The number of anilines is 1.